The van der Waals surface area contributed by atoms with E-state index >= 15 is 0 Å². The van der Waals surface area contributed by atoms with Crippen LogP contribution in [0.5, 0.6) is 0 Å². The molecule has 0 aliphatic heterocycles. The molecule has 0 fully saturated rings. The Balaban J connectivity index is 2.21. The first-order valence-electron chi connectivity index (χ1n) is 7.19. The van der Waals surface area contributed by atoms with Crippen LogP contribution in [-0.4, -0.2) is 29.1 Å². The minimum atomic E-state index is -2.82. The standard InChI is InChI=1S/C17H18F2N2O2/c1-12(11-13-7-4-3-5-8-13)21(23-2)17(22)14-9-6-10-20-15(14)16(18)19/h3-10,12,16H,11H2,1-2H3/t12-/m0/s1. The van der Waals surface area contributed by atoms with Crippen molar-refractivity contribution in [3.63, 3.8) is 0 Å². The van der Waals surface area contributed by atoms with Gasteiger partial charge in [-0.05, 0) is 31.0 Å². The van der Waals surface area contributed by atoms with Crippen molar-refractivity contribution in [3.8, 4) is 0 Å². The summed E-state index contributed by atoms with van der Waals surface area (Å²) in [4.78, 5) is 21.3. The van der Waals surface area contributed by atoms with Gasteiger partial charge in [0.05, 0.1) is 18.7 Å². The summed E-state index contributed by atoms with van der Waals surface area (Å²) in [6, 6.07) is 12.0. The fourth-order valence-corrected chi connectivity index (χ4v) is 2.39. The van der Waals surface area contributed by atoms with Gasteiger partial charge in [-0.1, -0.05) is 30.3 Å². The fraction of sp³-hybridized carbons (Fsp3) is 0.294. The summed E-state index contributed by atoms with van der Waals surface area (Å²) in [5.74, 6) is -0.626. The first-order chi connectivity index (χ1) is 11.0. The molecular weight excluding hydrogens is 302 g/mol. The number of carbonyl (C=O) groups is 1. The zero-order valence-electron chi connectivity index (χ0n) is 12.9. The van der Waals surface area contributed by atoms with E-state index in [0.29, 0.717) is 6.42 Å². The van der Waals surface area contributed by atoms with Crippen LogP contribution < -0.4 is 0 Å². The van der Waals surface area contributed by atoms with Gasteiger partial charge in [-0.2, -0.15) is 0 Å². The van der Waals surface area contributed by atoms with E-state index in [9.17, 15) is 13.6 Å². The Morgan fingerprint density at radius 2 is 1.91 bits per heavy atom. The molecule has 0 N–H and O–H groups in total. The molecule has 1 heterocycles. The van der Waals surface area contributed by atoms with Crippen LogP contribution in [0.3, 0.4) is 0 Å². The second-order valence-electron chi connectivity index (χ2n) is 5.09. The molecule has 0 saturated carbocycles. The topological polar surface area (TPSA) is 42.4 Å². The Morgan fingerprint density at radius 3 is 2.52 bits per heavy atom. The zero-order valence-corrected chi connectivity index (χ0v) is 12.9. The Morgan fingerprint density at radius 1 is 1.22 bits per heavy atom. The van der Waals surface area contributed by atoms with Gasteiger partial charge in [0, 0.05) is 6.20 Å². The maximum absolute atomic E-state index is 13.0. The molecule has 23 heavy (non-hydrogen) atoms. The van der Waals surface area contributed by atoms with Crippen LogP contribution in [0.25, 0.3) is 0 Å². The summed E-state index contributed by atoms with van der Waals surface area (Å²) in [7, 11) is 1.35. The highest BCUT2D eigenvalue weighted by atomic mass is 19.3. The van der Waals surface area contributed by atoms with Crippen LogP contribution >= 0.6 is 0 Å². The lowest BCUT2D eigenvalue weighted by Crippen LogP contribution is -2.39. The van der Waals surface area contributed by atoms with Gasteiger partial charge in [0.25, 0.3) is 12.3 Å². The number of nitrogens with zero attached hydrogens (tertiary/aromatic N) is 2. The maximum Gasteiger partial charge on any atom is 0.281 e. The third-order valence-electron chi connectivity index (χ3n) is 3.45. The first-order valence-corrected chi connectivity index (χ1v) is 7.19. The van der Waals surface area contributed by atoms with Gasteiger partial charge in [0.1, 0.15) is 5.69 Å². The predicted molar refractivity (Wildman–Crippen MR) is 82.0 cm³/mol. The second-order valence-corrected chi connectivity index (χ2v) is 5.09. The number of hydroxylamine groups is 2. The van der Waals surface area contributed by atoms with Crippen LogP contribution in [0.1, 0.15) is 35.0 Å². The number of hydrogen-bond donors (Lipinski definition) is 0. The lowest BCUT2D eigenvalue weighted by molar-refractivity contribution is -0.119. The quantitative estimate of drug-likeness (QED) is 0.763. The van der Waals surface area contributed by atoms with Gasteiger partial charge in [-0.25, -0.2) is 13.8 Å². The Labute approximate surface area is 133 Å². The fourth-order valence-electron chi connectivity index (χ4n) is 2.39. The van der Waals surface area contributed by atoms with Crippen LogP contribution in [0, 0.1) is 0 Å². The normalized spacial score (nSPS) is 12.2. The van der Waals surface area contributed by atoms with Crippen LogP contribution in [-0.2, 0) is 11.3 Å². The molecule has 1 aromatic carbocycles. The van der Waals surface area contributed by atoms with Crippen molar-refractivity contribution in [3.05, 3.63) is 65.5 Å². The molecule has 0 radical (unpaired) electrons. The summed E-state index contributed by atoms with van der Waals surface area (Å²) >= 11 is 0. The van der Waals surface area contributed by atoms with Gasteiger partial charge in [-0.3, -0.25) is 14.6 Å². The summed E-state index contributed by atoms with van der Waals surface area (Å²) in [6.07, 6.45) is -1.04. The lowest BCUT2D eigenvalue weighted by atomic mass is 10.1. The minimum Gasteiger partial charge on any atom is -0.274 e. The third kappa shape index (κ3) is 4.10. The van der Waals surface area contributed by atoms with E-state index in [2.05, 4.69) is 4.98 Å². The number of aromatic nitrogens is 1. The first kappa shape index (κ1) is 17.0. The zero-order chi connectivity index (χ0) is 16.8. The summed E-state index contributed by atoms with van der Waals surface area (Å²) in [5.41, 5.74) is 0.339. The average Bonchev–Trinajstić information content (AvgIpc) is 2.56. The summed E-state index contributed by atoms with van der Waals surface area (Å²) in [6.45, 7) is 1.80. The van der Waals surface area contributed by atoms with Crippen molar-refractivity contribution in [1.82, 2.24) is 10.0 Å². The predicted octanol–water partition coefficient (Wildman–Crippen LogP) is 3.65. The van der Waals surface area contributed by atoms with Crippen molar-refractivity contribution >= 4 is 5.91 Å². The van der Waals surface area contributed by atoms with Gasteiger partial charge in [0.15, 0.2) is 0 Å². The molecule has 0 unspecified atom stereocenters. The molecule has 6 heteroatoms. The smallest absolute Gasteiger partial charge is 0.274 e. The molecule has 1 aromatic heterocycles. The maximum atomic E-state index is 13.0. The lowest BCUT2D eigenvalue weighted by Gasteiger charge is -2.27. The molecule has 1 atom stereocenters. The van der Waals surface area contributed by atoms with E-state index in [0.717, 1.165) is 10.6 Å². The van der Waals surface area contributed by atoms with E-state index < -0.39 is 18.0 Å². The largest absolute Gasteiger partial charge is 0.281 e. The molecule has 122 valence electrons. The number of rotatable bonds is 6. The van der Waals surface area contributed by atoms with Crippen molar-refractivity contribution < 1.29 is 18.4 Å². The van der Waals surface area contributed by atoms with E-state index in [1.54, 1.807) is 6.92 Å². The third-order valence-corrected chi connectivity index (χ3v) is 3.45. The molecule has 0 aliphatic carbocycles. The van der Waals surface area contributed by atoms with Gasteiger partial charge >= 0.3 is 0 Å². The Bertz CT molecular complexity index is 650. The molecule has 0 aliphatic rings. The van der Waals surface area contributed by atoms with E-state index in [4.69, 9.17) is 4.84 Å². The number of hydrogen-bond acceptors (Lipinski definition) is 3. The highest BCUT2D eigenvalue weighted by Gasteiger charge is 2.27. The van der Waals surface area contributed by atoms with Crippen molar-refractivity contribution in [2.75, 3.05) is 7.11 Å². The summed E-state index contributed by atoms with van der Waals surface area (Å²) < 4.78 is 26.1. The number of carbonyl (C=O) groups excluding carboxylic acids is 1. The molecule has 2 rings (SSSR count). The van der Waals surface area contributed by atoms with Crippen LogP contribution in [0.4, 0.5) is 8.78 Å². The number of pyridine rings is 1. The Hall–Kier alpha value is -2.34. The monoisotopic (exact) mass is 320 g/mol. The molecule has 0 spiro atoms. The van der Waals surface area contributed by atoms with Crippen molar-refractivity contribution in [1.29, 1.82) is 0 Å². The molecule has 4 nitrogen and oxygen atoms in total. The van der Waals surface area contributed by atoms with Gasteiger partial charge < -0.3 is 0 Å². The van der Waals surface area contributed by atoms with E-state index in [-0.39, 0.29) is 11.6 Å². The molecule has 1 amide bonds. The number of amides is 1. The number of benzene rings is 1. The SMILES string of the molecule is CON(C(=O)c1cccnc1C(F)F)[C@@H](C)Cc1ccccc1. The molecule has 0 bridgehead atoms. The Kier molecular flexibility index (Phi) is 5.76. The number of alkyl halides is 2. The van der Waals surface area contributed by atoms with Crippen molar-refractivity contribution in [2.45, 2.75) is 25.8 Å². The van der Waals surface area contributed by atoms with Crippen molar-refractivity contribution in [2.24, 2.45) is 0 Å². The van der Waals surface area contributed by atoms with Gasteiger partial charge in [-0.15, -0.1) is 0 Å². The van der Waals surface area contributed by atoms with E-state index in [1.165, 1.54) is 25.4 Å². The summed E-state index contributed by atoms with van der Waals surface area (Å²) in [5, 5.41) is 1.11. The minimum absolute atomic E-state index is 0.149. The van der Waals surface area contributed by atoms with E-state index in [1.807, 2.05) is 30.3 Å². The molecular formula is C17H18F2N2O2. The average molecular weight is 320 g/mol. The molecule has 0 saturated heterocycles. The van der Waals surface area contributed by atoms with Gasteiger partial charge in [0.2, 0.25) is 0 Å². The second kappa shape index (κ2) is 7.78. The molecule has 2 aromatic rings. The number of halogens is 2. The van der Waals surface area contributed by atoms with Crippen LogP contribution in [0.15, 0.2) is 48.7 Å². The highest BCUT2D eigenvalue weighted by molar-refractivity contribution is 5.94. The highest BCUT2D eigenvalue weighted by Crippen LogP contribution is 2.22. The van der Waals surface area contributed by atoms with Crippen LogP contribution in [0.2, 0.25) is 0 Å².